The highest BCUT2D eigenvalue weighted by Gasteiger charge is 2.45. The second kappa shape index (κ2) is 15.1. The van der Waals surface area contributed by atoms with Crippen LogP contribution >= 0.6 is 0 Å². The molecule has 17 nitrogen and oxygen atoms in total. The molecule has 10 N–H and O–H groups in total. The number of nitrogens with zero attached hydrogens (tertiary/aromatic N) is 3. The van der Waals surface area contributed by atoms with Gasteiger partial charge in [0.05, 0.1) is 12.9 Å². The summed E-state index contributed by atoms with van der Waals surface area (Å²) in [5.41, 5.74) is 6.49. The van der Waals surface area contributed by atoms with Crippen molar-refractivity contribution in [2.45, 2.75) is 62.1 Å². The maximum atomic E-state index is 13.9. The summed E-state index contributed by atoms with van der Waals surface area (Å²) in [5, 5.41) is 48.5. The lowest BCUT2D eigenvalue weighted by Crippen LogP contribution is -2.66. The number of carbonyl (C=O) groups is 3. The van der Waals surface area contributed by atoms with E-state index in [0.717, 1.165) is 0 Å². The fourth-order valence-electron chi connectivity index (χ4n) is 5.39. The lowest BCUT2D eigenvalue weighted by atomic mass is 9.96. The number of benzene rings is 2. The van der Waals surface area contributed by atoms with Crippen molar-refractivity contribution in [3.05, 3.63) is 88.5 Å². The van der Waals surface area contributed by atoms with Crippen LogP contribution in [0.15, 0.2) is 71.8 Å². The molecule has 0 radical (unpaired) electrons. The summed E-state index contributed by atoms with van der Waals surface area (Å²) in [6.45, 7) is -1.05. The molecule has 2 aromatic heterocycles. The van der Waals surface area contributed by atoms with Gasteiger partial charge in [-0.05, 0) is 11.1 Å². The van der Waals surface area contributed by atoms with E-state index in [4.69, 9.17) is 10.5 Å². The number of aromatic nitrogens is 4. The van der Waals surface area contributed by atoms with Gasteiger partial charge in [-0.3, -0.25) is 24.2 Å². The molecule has 2 aromatic carbocycles. The molecule has 4 aromatic rings. The van der Waals surface area contributed by atoms with Crippen LogP contribution in [0.25, 0.3) is 11.2 Å². The number of rotatable bonds is 12. The lowest BCUT2D eigenvalue weighted by molar-refractivity contribution is -0.254. The fraction of sp³-hybridized carbons (Fsp3) is 0.355. The van der Waals surface area contributed by atoms with E-state index in [0.29, 0.717) is 11.1 Å². The molecule has 7 atom stereocenters. The van der Waals surface area contributed by atoms with Crippen molar-refractivity contribution in [2.24, 2.45) is 0 Å². The van der Waals surface area contributed by atoms with E-state index in [-0.39, 0.29) is 36.5 Å². The minimum Gasteiger partial charge on any atom is -0.394 e. The average molecular weight is 665 g/mol. The zero-order chi connectivity index (χ0) is 34.4. The van der Waals surface area contributed by atoms with Crippen LogP contribution in [0, 0.1) is 0 Å². The molecule has 1 fully saturated rings. The van der Waals surface area contributed by atoms with E-state index in [2.05, 4.69) is 30.9 Å². The predicted octanol–water partition coefficient (Wildman–Crippen LogP) is -2.93. The van der Waals surface area contributed by atoms with Crippen LogP contribution in [0.1, 0.15) is 11.1 Å². The number of aromatic amines is 1. The van der Waals surface area contributed by atoms with Crippen molar-refractivity contribution < 1.29 is 39.5 Å². The molecule has 48 heavy (non-hydrogen) atoms. The van der Waals surface area contributed by atoms with Crippen molar-refractivity contribution in [1.82, 2.24) is 35.5 Å². The van der Waals surface area contributed by atoms with Gasteiger partial charge in [0.1, 0.15) is 43.0 Å². The minimum atomic E-state index is -1.78. The van der Waals surface area contributed by atoms with Crippen molar-refractivity contribution in [2.75, 3.05) is 12.3 Å². The molecule has 3 amide bonds. The SMILES string of the molecule is Nc1nc2c(ncn2CC(=O)NC(Cc2ccccc2)C(=O)NC(Cc2ccccc2)C(=O)NC2C(O)OC(CO)C(O)C2O)c(=O)[nH]1. The van der Waals surface area contributed by atoms with Crippen LogP contribution in [0.3, 0.4) is 0 Å². The Morgan fingerprint density at radius 2 is 1.52 bits per heavy atom. The van der Waals surface area contributed by atoms with E-state index >= 15 is 0 Å². The molecule has 0 spiro atoms. The lowest BCUT2D eigenvalue weighted by Gasteiger charge is -2.40. The van der Waals surface area contributed by atoms with Crippen molar-refractivity contribution in [1.29, 1.82) is 0 Å². The van der Waals surface area contributed by atoms with Gasteiger partial charge in [0.25, 0.3) is 5.56 Å². The number of anilines is 1. The third-order valence-corrected chi connectivity index (χ3v) is 7.87. The average Bonchev–Trinajstić information content (AvgIpc) is 3.47. The largest absolute Gasteiger partial charge is 0.394 e. The van der Waals surface area contributed by atoms with Gasteiger partial charge in [-0.25, -0.2) is 4.98 Å². The van der Waals surface area contributed by atoms with Crippen LogP contribution < -0.4 is 27.2 Å². The number of hydrogen-bond acceptors (Lipinski definition) is 12. The fourth-order valence-corrected chi connectivity index (χ4v) is 5.39. The molecule has 254 valence electrons. The summed E-state index contributed by atoms with van der Waals surface area (Å²) in [6.07, 6.45) is -5.11. The first-order chi connectivity index (χ1) is 23.0. The summed E-state index contributed by atoms with van der Waals surface area (Å²) in [4.78, 5) is 63.3. The molecule has 1 saturated heterocycles. The van der Waals surface area contributed by atoms with Crippen molar-refractivity contribution in [3.63, 3.8) is 0 Å². The van der Waals surface area contributed by atoms with Gasteiger partial charge < -0.3 is 51.4 Å². The summed E-state index contributed by atoms with van der Waals surface area (Å²) < 4.78 is 6.45. The van der Waals surface area contributed by atoms with E-state index in [9.17, 15) is 39.6 Å². The van der Waals surface area contributed by atoms with Crippen LogP contribution in [0.2, 0.25) is 0 Å². The normalized spacial score (nSPS) is 22.0. The van der Waals surface area contributed by atoms with Gasteiger partial charge in [-0.1, -0.05) is 60.7 Å². The van der Waals surface area contributed by atoms with Gasteiger partial charge in [-0.2, -0.15) is 4.98 Å². The standard InChI is InChI=1S/C31H36N8O9/c32-31-37-26-23(29(46)38-31)33-15-39(26)13-21(41)34-18(11-16-7-3-1-4-8-16)27(44)35-19(12-17-9-5-2-6-10-17)28(45)36-22-25(43)24(42)20(14-40)48-30(22)47/h1-10,15,18-20,22,24-25,30,40,42-43,47H,11-14H2,(H,34,41)(H,35,44)(H,36,45)(H3,32,37,38,46). The maximum absolute atomic E-state index is 13.9. The molecule has 17 heteroatoms. The quantitative estimate of drug-likeness (QED) is 0.0737. The Morgan fingerprint density at radius 1 is 0.917 bits per heavy atom. The molecule has 0 saturated carbocycles. The molecule has 0 aliphatic carbocycles. The van der Waals surface area contributed by atoms with Crippen LogP contribution in [-0.2, 0) is 38.5 Å². The molecule has 3 heterocycles. The monoisotopic (exact) mass is 664 g/mol. The molecular weight excluding hydrogens is 628 g/mol. The second-order valence-electron chi connectivity index (χ2n) is 11.3. The smallest absolute Gasteiger partial charge is 0.280 e. The molecule has 5 rings (SSSR count). The highest BCUT2D eigenvalue weighted by atomic mass is 16.6. The van der Waals surface area contributed by atoms with Gasteiger partial charge in [0.2, 0.25) is 23.7 Å². The van der Waals surface area contributed by atoms with Crippen molar-refractivity contribution >= 4 is 34.8 Å². The highest BCUT2D eigenvalue weighted by molar-refractivity contribution is 5.92. The number of fused-ring (bicyclic) bond motifs is 1. The zero-order valence-corrected chi connectivity index (χ0v) is 25.5. The van der Waals surface area contributed by atoms with Crippen LogP contribution in [0.4, 0.5) is 5.95 Å². The Bertz CT molecular complexity index is 1790. The Morgan fingerprint density at radius 3 is 2.12 bits per heavy atom. The summed E-state index contributed by atoms with van der Waals surface area (Å²) in [5.74, 6) is -2.34. The number of nitrogen functional groups attached to an aromatic ring is 1. The number of carbonyl (C=O) groups excluding carboxylic acids is 3. The topological polar surface area (TPSA) is 267 Å². The third kappa shape index (κ3) is 8.01. The number of nitrogens with two attached hydrogens (primary N) is 1. The molecule has 7 unspecified atom stereocenters. The molecule has 1 aliphatic heterocycles. The van der Waals surface area contributed by atoms with Gasteiger partial charge in [0, 0.05) is 12.8 Å². The number of ether oxygens (including phenoxy) is 1. The van der Waals surface area contributed by atoms with E-state index in [1.54, 1.807) is 60.7 Å². The number of amides is 3. The summed E-state index contributed by atoms with van der Waals surface area (Å²) in [7, 11) is 0. The molecule has 0 bridgehead atoms. The number of aliphatic hydroxyl groups excluding tert-OH is 4. The number of hydrogen-bond donors (Lipinski definition) is 9. The van der Waals surface area contributed by atoms with E-state index in [1.165, 1.54) is 10.9 Å². The number of aliphatic hydroxyl groups is 4. The summed E-state index contributed by atoms with van der Waals surface area (Å²) in [6, 6.07) is 13.6. The maximum Gasteiger partial charge on any atom is 0.280 e. The zero-order valence-electron chi connectivity index (χ0n) is 25.5. The van der Waals surface area contributed by atoms with Gasteiger partial charge in [-0.15, -0.1) is 0 Å². The van der Waals surface area contributed by atoms with E-state index < -0.39 is 72.6 Å². The second-order valence-corrected chi connectivity index (χ2v) is 11.3. The third-order valence-electron chi connectivity index (χ3n) is 7.87. The molecule has 1 aliphatic rings. The Hall–Kier alpha value is -5.20. The van der Waals surface area contributed by atoms with E-state index in [1.807, 2.05) is 0 Å². The summed E-state index contributed by atoms with van der Waals surface area (Å²) >= 11 is 0. The first kappa shape index (κ1) is 34.1. The Balaban J connectivity index is 1.36. The predicted molar refractivity (Wildman–Crippen MR) is 169 cm³/mol. The van der Waals surface area contributed by atoms with Crippen molar-refractivity contribution in [3.8, 4) is 0 Å². The first-order valence-corrected chi connectivity index (χ1v) is 15.0. The number of H-pyrrole nitrogens is 1. The Labute approximate surface area is 272 Å². The van der Waals surface area contributed by atoms with Crippen LogP contribution in [-0.4, -0.2) is 107 Å². The Kier molecular flexibility index (Phi) is 10.8. The van der Waals surface area contributed by atoms with Crippen LogP contribution in [0.5, 0.6) is 0 Å². The number of nitrogens with one attached hydrogen (secondary N) is 4. The number of imidazole rings is 1. The molecular formula is C31H36N8O9. The van der Waals surface area contributed by atoms with Gasteiger partial charge in [0.15, 0.2) is 17.5 Å². The minimum absolute atomic E-state index is 0.0192. The first-order valence-electron chi connectivity index (χ1n) is 15.0. The highest BCUT2D eigenvalue weighted by Crippen LogP contribution is 2.20. The van der Waals surface area contributed by atoms with Gasteiger partial charge >= 0.3 is 0 Å².